The Bertz CT molecular complexity index is 499. The van der Waals surface area contributed by atoms with E-state index in [4.69, 9.17) is 4.74 Å². The normalized spacial score (nSPS) is 15.4. The largest absolute Gasteiger partial charge is 0.496 e. The second-order valence-corrected chi connectivity index (χ2v) is 5.15. The fourth-order valence-electron chi connectivity index (χ4n) is 2.12. The molecule has 19 heavy (non-hydrogen) atoms. The molecule has 1 aliphatic rings. The highest BCUT2D eigenvalue weighted by Crippen LogP contribution is 2.32. The van der Waals surface area contributed by atoms with E-state index >= 15 is 0 Å². The lowest BCUT2D eigenvalue weighted by atomic mass is 9.98. The summed E-state index contributed by atoms with van der Waals surface area (Å²) >= 11 is 3.28. The minimum absolute atomic E-state index is 0.0605. The van der Waals surface area contributed by atoms with E-state index in [1.807, 2.05) is 0 Å². The molecular weight excluding hydrogens is 327 g/mol. The molecule has 1 aromatic rings. The number of benzene rings is 1. The van der Waals surface area contributed by atoms with Gasteiger partial charge in [0.1, 0.15) is 12.3 Å². The van der Waals surface area contributed by atoms with Crippen molar-refractivity contribution in [2.24, 2.45) is 0 Å². The highest BCUT2D eigenvalue weighted by molar-refractivity contribution is 9.10. The number of nitrogens with zero attached hydrogens (tertiary/aromatic N) is 1. The number of carbonyl (C=O) groups is 1. The molecule has 1 amide bonds. The van der Waals surface area contributed by atoms with Crippen LogP contribution in [0.2, 0.25) is 0 Å². The number of ether oxygens (including phenoxy) is 1. The Hall–Kier alpha value is -1.24. The van der Waals surface area contributed by atoms with Gasteiger partial charge in [-0.05, 0) is 24.1 Å². The van der Waals surface area contributed by atoms with Gasteiger partial charge in [0, 0.05) is 11.0 Å². The molecule has 0 saturated heterocycles. The smallest absolute Gasteiger partial charge is 0.406 e. The highest BCUT2D eigenvalue weighted by Gasteiger charge is 2.36. The van der Waals surface area contributed by atoms with Crippen molar-refractivity contribution in [3.63, 3.8) is 0 Å². The maximum Gasteiger partial charge on any atom is 0.406 e. The van der Waals surface area contributed by atoms with Gasteiger partial charge in [-0.25, -0.2) is 0 Å². The molecule has 0 radical (unpaired) electrons. The summed E-state index contributed by atoms with van der Waals surface area (Å²) < 4.78 is 43.0. The fraction of sp³-hybridized carbons (Fsp3) is 0.417. The van der Waals surface area contributed by atoms with Crippen molar-refractivity contribution < 1.29 is 22.7 Å². The van der Waals surface area contributed by atoms with Crippen molar-refractivity contribution >= 4 is 21.8 Å². The lowest BCUT2D eigenvalue weighted by molar-refractivity contribution is -0.141. The van der Waals surface area contributed by atoms with Crippen molar-refractivity contribution in [1.29, 1.82) is 0 Å². The summed E-state index contributed by atoms with van der Waals surface area (Å²) in [4.78, 5) is 12.9. The molecule has 1 heterocycles. The number of hydrogen-bond acceptors (Lipinski definition) is 2. The average molecular weight is 338 g/mol. The first-order valence-electron chi connectivity index (χ1n) is 5.54. The standard InChI is InChI=1S/C12H11BrF3NO2/c1-19-9-5-8(13)4-7-2-3-17(6-12(14,15)16)11(18)10(7)9/h4-5H,2-3,6H2,1H3. The number of halogens is 4. The summed E-state index contributed by atoms with van der Waals surface area (Å²) in [6.07, 6.45) is -4.01. The van der Waals surface area contributed by atoms with E-state index < -0.39 is 18.6 Å². The molecule has 0 unspecified atom stereocenters. The van der Waals surface area contributed by atoms with Gasteiger partial charge < -0.3 is 9.64 Å². The van der Waals surface area contributed by atoms with E-state index in [1.165, 1.54) is 7.11 Å². The average Bonchev–Trinajstić information content (AvgIpc) is 2.30. The number of amides is 1. The van der Waals surface area contributed by atoms with Gasteiger partial charge in [0.25, 0.3) is 5.91 Å². The van der Waals surface area contributed by atoms with E-state index in [0.717, 1.165) is 9.37 Å². The second-order valence-electron chi connectivity index (χ2n) is 4.23. The topological polar surface area (TPSA) is 29.5 Å². The molecule has 3 nitrogen and oxygen atoms in total. The molecule has 0 aromatic heterocycles. The van der Waals surface area contributed by atoms with Crippen LogP contribution in [0.4, 0.5) is 13.2 Å². The minimum Gasteiger partial charge on any atom is -0.496 e. The van der Waals surface area contributed by atoms with Crippen molar-refractivity contribution in [2.75, 3.05) is 20.2 Å². The maximum absolute atomic E-state index is 12.4. The quantitative estimate of drug-likeness (QED) is 0.830. The van der Waals surface area contributed by atoms with Crippen molar-refractivity contribution in [1.82, 2.24) is 4.90 Å². The van der Waals surface area contributed by atoms with Crippen molar-refractivity contribution in [2.45, 2.75) is 12.6 Å². The number of methoxy groups -OCH3 is 1. The van der Waals surface area contributed by atoms with Crippen LogP contribution in [0.5, 0.6) is 5.75 Å². The summed E-state index contributed by atoms with van der Waals surface area (Å²) in [7, 11) is 1.39. The lowest BCUT2D eigenvalue weighted by Crippen LogP contribution is -2.43. The molecular formula is C12H11BrF3NO2. The Balaban J connectivity index is 2.37. The molecule has 0 bridgehead atoms. The van der Waals surface area contributed by atoms with Gasteiger partial charge in [0.05, 0.1) is 12.7 Å². The molecule has 0 fully saturated rings. The lowest BCUT2D eigenvalue weighted by Gasteiger charge is -2.30. The first-order chi connectivity index (χ1) is 8.81. The molecule has 7 heteroatoms. The maximum atomic E-state index is 12.4. The van der Waals surface area contributed by atoms with Gasteiger partial charge >= 0.3 is 6.18 Å². The Morgan fingerprint density at radius 3 is 2.68 bits per heavy atom. The van der Waals surface area contributed by atoms with E-state index in [9.17, 15) is 18.0 Å². The first-order valence-corrected chi connectivity index (χ1v) is 6.33. The Morgan fingerprint density at radius 1 is 1.42 bits per heavy atom. The summed E-state index contributed by atoms with van der Waals surface area (Å²) in [5.74, 6) is -0.343. The zero-order valence-electron chi connectivity index (χ0n) is 10.1. The van der Waals surface area contributed by atoms with Crippen LogP contribution >= 0.6 is 15.9 Å². The number of rotatable bonds is 2. The Kier molecular flexibility index (Phi) is 3.75. The van der Waals surface area contributed by atoms with Crippen LogP contribution < -0.4 is 4.74 Å². The van der Waals surface area contributed by atoms with Gasteiger partial charge in [0.15, 0.2) is 0 Å². The van der Waals surface area contributed by atoms with Crippen LogP contribution in [0.15, 0.2) is 16.6 Å². The summed E-state index contributed by atoms with van der Waals surface area (Å²) in [5.41, 5.74) is 0.927. The first kappa shape index (κ1) is 14.2. The zero-order chi connectivity index (χ0) is 14.2. The second kappa shape index (κ2) is 5.03. The van der Waals surface area contributed by atoms with Crippen molar-refractivity contribution in [3.8, 4) is 5.75 Å². The molecule has 0 saturated carbocycles. The van der Waals surface area contributed by atoms with Gasteiger partial charge in [-0.2, -0.15) is 13.2 Å². The number of fused-ring (bicyclic) bond motifs is 1. The molecule has 0 aliphatic carbocycles. The molecule has 104 valence electrons. The molecule has 1 aliphatic heterocycles. The fourth-order valence-corrected chi connectivity index (χ4v) is 2.60. The Morgan fingerprint density at radius 2 is 2.11 bits per heavy atom. The molecule has 0 N–H and O–H groups in total. The van der Waals surface area contributed by atoms with E-state index in [1.54, 1.807) is 12.1 Å². The van der Waals surface area contributed by atoms with Crippen LogP contribution in [-0.4, -0.2) is 37.2 Å². The Labute approximate surface area is 116 Å². The van der Waals surface area contributed by atoms with Crippen LogP contribution in [0.3, 0.4) is 0 Å². The summed E-state index contributed by atoms with van der Waals surface area (Å²) in [5, 5.41) is 0. The van der Waals surface area contributed by atoms with Crippen molar-refractivity contribution in [3.05, 3.63) is 27.7 Å². The number of alkyl halides is 3. The van der Waals surface area contributed by atoms with Crippen LogP contribution in [0, 0.1) is 0 Å². The predicted octanol–water partition coefficient (Wildman–Crippen LogP) is 3.02. The minimum atomic E-state index is -4.39. The van der Waals surface area contributed by atoms with Crippen LogP contribution in [-0.2, 0) is 6.42 Å². The SMILES string of the molecule is COc1cc(Br)cc2c1C(=O)N(CC(F)(F)F)CC2. The molecule has 0 spiro atoms. The van der Waals surface area contributed by atoms with E-state index in [2.05, 4.69) is 15.9 Å². The summed E-state index contributed by atoms with van der Waals surface area (Å²) in [6, 6.07) is 3.31. The van der Waals surface area contributed by atoms with Gasteiger partial charge in [-0.15, -0.1) is 0 Å². The van der Waals surface area contributed by atoms with Crippen LogP contribution in [0.1, 0.15) is 15.9 Å². The number of carbonyl (C=O) groups excluding carboxylic acids is 1. The molecule has 1 aromatic carbocycles. The monoisotopic (exact) mass is 337 g/mol. The van der Waals surface area contributed by atoms with E-state index in [0.29, 0.717) is 17.7 Å². The molecule has 2 rings (SSSR count). The van der Waals surface area contributed by atoms with Crippen LogP contribution in [0.25, 0.3) is 0 Å². The van der Waals surface area contributed by atoms with Gasteiger partial charge in [0.2, 0.25) is 0 Å². The number of hydrogen-bond donors (Lipinski definition) is 0. The zero-order valence-corrected chi connectivity index (χ0v) is 11.6. The predicted molar refractivity (Wildman–Crippen MR) is 66.4 cm³/mol. The third-order valence-corrected chi connectivity index (χ3v) is 3.35. The highest BCUT2D eigenvalue weighted by atomic mass is 79.9. The third-order valence-electron chi connectivity index (χ3n) is 2.89. The van der Waals surface area contributed by atoms with Gasteiger partial charge in [-0.3, -0.25) is 4.79 Å². The van der Waals surface area contributed by atoms with Gasteiger partial charge in [-0.1, -0.05) is 15.9 Å². The molecule has 0 atom stereocenters. The summed E-state index contributed by atoms with van der Waals surface area (Å²) in [6.45, 7) is -1.17. The third kappa shape index (κ3) is 3.02. The van der Waals surface area contributed by atoms with E-state index in [-0.39, 0.29) is 12.1 Å².